The van der Waals surface area contributed by atoms with Crippen molar-refractivity contribution >= 4 is 0 Å². The lowest BCUT2D eigenvalue weighted by Crippen LogP contribution is -2.69. The number of rotatable bonds is 5. The summed E-state index contributed by atoms with van der Waals surface area (Å²) >= 11 is 0. The Hall–Kier alpha value is -0.610. The number of fused-ring (bicyclic) bond motifs is 1. The number of halogens is 1. The summed E-state index contributed by atoms with van der Waals surface area (Å²) in [7, 11) is 1.95. The van der Waals surface area contributed by atoms with Crippen molar-refractivity contribution in [2.75, 3.05) is 26.8 Å². The summed E-state index contributed by atoms with van der Waals surface area (Å²) in [5.74, 6) is 0.200. The van der Waals surface area contributed by atoms with Crippen molar-refractivity contribution in [2.24, 2.45) is 11.8 Å². The Balaban J connectivity index is 1.47. The minimum absolute atomic E-state index is 0.0174. The first-order chi connectivity index (χ1) is 14.1. The molecule has 166 valence electrons. The predicted octanol–water partition coefficient (Wildman–Crippen LogP) is 0.179. The van der Waals surface area contributed by atoms with Crippen LogP contribution in [0.1, 0.15) is 39.0 Å². The summed E-state index contributed by atoms with van der Waals surface area (Å²) < 4.78 is 22.0. The van der Waals surface area contributed by atoms with Crippen LogP contribution in [0.2, 0.25) is 0 Å². The molecule has 7 nitrogen and oxygen atoms in total. The highest BCUT2D eigenvalue weighted by Crippen LogP contribution is 2.44. The van der Waals surface area contributed by atoms with Gasteiger partial charge in [0.05, 0.1) is 18.9 Å². The lowest BCUT2D eigenvalue weighted by Gasteiger charge is -2.45. The Labute approximate surface area is 173 Å². The van der Waals surface area contributed by atoms with Crippen LogP contribution in [0.15, 0.2) is 11.6 Å². The zero-order valence-corrected chi connectivity index (χ0v) is 17.7. The third-order valence-corrected chi connectivity index (χ3v) is 7.24. The van der Waals surface area contributed by atoms with E-state index in [-0.39, 0.29) is 43.2 Å². The van der Waals surface area contributed by atoms with Crippen LogP contribution in [0.25, 0.3) is 0 Å². The minimum atomic E-state index is -0.986. The van der Waals surface area contributed by atoms with Crippen molar-refractivity contribution < 1.29 is 14.2 Å². The fourth-order valence-corrected chi connectivity index (χ4v) is 5.66. The molecule has 0 aromatic carbocycles. The molecule has 0 amide bonds. The highest BCUT2D eigenvalue weighted by Gasteiger charge is 2.49. The zero-order valence-electron chi connectivity index (χ0n) is 17.7. The van der Waals surface area contributed by atoms with Gasteiger partial charge < -0.3 is 20.5 Å². The second-order valence-corrected chi connectivity index (χ2v) is 9.21. The van der Waals surface area contributed by atoms with Crippen molar-refractivity contribution in [3.63, 3.8) is 0 Å². The summed E-state index contributed by atoms with van der Waals surface area (Å²) in [5, 5.41) is 26.7. The minimum Gasteiger partial charge on any atom is -0.395 e. The van der Waals surface area contributed by atoms with Gasteiger partial charge in [-0.25, -0.2) is 4.39 Å². The first-order valence-corrected chi connectivity index (χ1v) is 11.3. The van der Waals surface area contributed by atoms with E-state index in [2.05, 4.69) is 39.6 Å². The predicted molar refractivity (Wildman–Crippen MR) is 111 cm³/mol. The molecule has 8 heteroatoms. The molecule has 0 aromatic heterocycles. The number of ether oxygens (including phenoxy) is 1. The van der Waals surface area contributed by atoms with Gasteiger partial charge in [-0.05, 0) is 52.0 Å². The highest BCUT2D eigenvalue weighted by molar-refractivity contribution is 5.19. The third kappa shape index (κ3) is 4.84. The molecule has 0 aromatic rings. The van der Waals surface area contributed by atoms with E-state index in [1.54, 1.807) is 0 Å². The summed E-state index contributed by atoms with van der Waals surface area (Å²) in [6.45, 7) is 3.71. The molecule has 6 N–H and O–H groups in total. The number of alkyl halides is 1. The van der Waals surface area contributed by atoms with Crippen molar-refractivity contribution in [2.45, 2.75) is 81.9 Å². The molecule has 0 radical (unpaired) electrons. The first-order valence-electron chi connectivity index (χ1n) is 11.3. The number of aliphatic hydroxyl groups is 1. The van der Waals surface area contributed by atoms with Crippen molar-refractivity contribution in [1.82, 2.24) is 26.6 Å². The smallest absolute Gasteiger partial charge is 0.124 e. The molecule has 1 aliphatic carbocycles. The van der Waals surface area contributed by atoms with Gasteiger partial charge in [-0.2, -0.15) is 0 Å². The third-order valence-electron chi connectivity index (χ3n) is 7.24. The number of aliphatic hydroxyl groups excluding tert-OH is 1. The number of nitrogens with one attached hydrogen (secondary N) is 5. The van der Waals surface area contributed by atoms with Crippen molar-refractivity contribution in [1.29, 1.82) is 0 Å². The maximum Gasteiger partial charge on any atom is 0.124 e. The van der Waals surface area contributed by atoms with Crippen LogP contribution in [-0.4, -0.2) is 74.8 Å². The van der Waals surface area contributed by atoms with E-state index in [0.717, 1.165) is 44.3 Å². The van der Waals surface area contributed by atoms with Crippen LogP contribution in [0.5, 0.6) is 0 Å². The standard InChI is InChI=1S/C21H38FN5O2/c1-12-9-17(23-2)27-21(25-12)26-16-10-14-6-8-29-20(14)18(19(16)22)13-3-4-15(11-28)24-7-5-13/h5,12,14-21,23-28H,3-4,6-11H2,1-2H3/t12?,14?,15-,16?,17?,18?,19?,20?,21?/m1/s1. The van der Waals surface area contributed by atoms with E-state index in [9.17, 15) is 5.11 Å². The van der Waals surface area contributed by atoms with E-state index in [4.69, 9.17) is 4.74 Å². The zero-order chi connectivity index (χ0) is 20.4. The fraction of sp³-hybridized carbons (Fsp3) is 0.905. The molecule has 3 fully saturated rings. The molecule has 3 heterocycles. The van der Waals surface area contributed by atoms with E-state index >= 15 is 4.39 Å². The van der Waals surface area contributed by atoms with E-state index in [0.29, 0.717) is 18.5 Å². The van der Waals surface area contributed by atoms with Crippen LogP contribution in [0.4, 0.5) is 4.39 Å². The van der Waals surface area contributed by atoms with E-state index in [1.807, 2.05) is 7.05 Å². The Morgan fingerprint density at radius 3 is 2.93 bits per heavy atom. The lowest BCUT2D eigenvalue weighted by molar-refractivity contribution is -0.0263. The van der Waals surface area contributed by atoms with Crippen LogP contribution in [0.3, 0.4) is 0 Å². The molecule has 8 unspecified atom stereocenters. The monoisotopic (exact) mass is 411 g/mol. The average Bonchev–Trinajstić information content (AvgIpc) is 3.04. The largest absolute Gasteiger partial charge is 0.395 e. The van der Waals surface area contributed by atoms with Gasteiger partial charge in [-0.15, -0.1) is 0 Å². The SMILES string of the molecule is CNC1CC(C)NC(NC2CC3CCOC3C(C3=CCN[C@@H](CO)CC3)C2F)N1. The van der Waals surface area contributed by atoms with Gasteiger partial charge in [0.2, 0.25) is 0 Å². The Morgan fingerprint density at radius 2 is 2.14 bits per heavy atom. The topological polar surface area (TPSA) is 89.6 Å². The highest BCUT2D eigenvalue weighted by atomic mass is 19.1. The molecule has 29 heavy (non-hydrogen) atoms. The Morgan fingerprint density at radius 1 is 1.28 bits per heavy atom. The van der Waals surface area contributed by atoms with Gasteiger partial charge in [-0.3, -0.25) is 16.0 Å². The van der Waals surface area contributed by atoms with Gasteiger partial charge in [0.1, 0.15) is 12.5 Å². The maximum absolute atomic E-state index is 16.0. The number of hydrogen-bond acceptors (Lipinski definition) is 7. The summed E-state index contributed by atoms with van der Waals surface area (Å²) in [6.07, 6.45) is 5.73. The van der Waals surface area contributed by atoms with Crippen LogP contribution in [-0.2, 0) is 4.74 Å². The molecular weight excluding hydrogens is 373 g/mol. The van der Waals surface area contributed by atoms with Crippen LogP contribution in [0, 0.1) is 11.8 Å². The van der Waals surface area contributed by atoms with Gasteiger partial charge in [-0.1, -0.05) is 11.6 Å². The van der Waals surface area contributed by atoms with Gasteiger partial charge in [0.25, 0.3) is 0 Å². The Bertz CT molecular complexity index is 579. The van der Waals surface area contributed by atoms with Crippen molar-refractivity contribution in [3.8, 4) is 0 Å². The summed E-state index contributed by atoms with van der Waals surface area (Å²) in [4.78, 5) is 0. The van der Waals surface area contributed by atoms with Gasteiger partial charge in [0, 0.05) is 37.2 Å². The van der Waals surface area contributed by atoms with E-state index in [1.165, 1.54) is 0 Å². The second-order valence-electron chi connectivity index (χ2n) is 9.21. The van der Waals surface area contributed by atoms with Gasteiger partial charge in [0.15, 0.2) is 0 Å². The maximum atomic E-state index is 16.0. The molecule has 0 spiro atoms. The molecule has 4 rings (SSSR count). The second kappa shape index (κ2) is 9.68. The summed E-state index contributed by atoms with van der Waals surface area (Å²) in [6, 6.07) is 0.244. The molecule has 9 atom stereocenters. The normalized spacial score (nSPS) is 46.1. The molecule has 3 aliphatic heterocycles. The fourth-order valence-electron chi connectivity index (χ4n) is 5.66. The lowest BCUT2D eigenvalue weighted by atomic mass is 9.70. The van der Waals surface area contributed by atoms with Crippen LogP contribution >= 0.6 is 0 Å². The van der Waals surface area contributed by atoms with Gasteiger partial charge >= 0.3 is 0 Å². The summed E-state index contributed by atoms with van der Waals surface area (Å²) in [5.41, 5.74) is 1.16. The van der Waals surface area contributed by atoms with Crippen LogP contribution < -0.4 is 26.6 Å². The first kappa shape index (κ1) is 21.6. The van der Waals surface area contributed by atoms with Crippen molar-refractivity contribution in [3.05, 3.63) is 11.6 Å². The molecule has 0 bridgehead atoms. The molecule has 1 saturated carbocycles. The Kier molecular flexibility index (Phi) is 7.22. The molecule has 2 saturated heterocycles. The molecular formula is C21H38FN5O2. The number of hydrogen-bond donors (Lipinski definition) is 6. The van der Waals surface area contributed by atoms with E-state index < -0.39 is 6.17 Å². The quantitative estimate of drug-likeness (QED) is 0.360. The average molecular weight is 412 g/mol. The molecule has 4 aliphatic rings.